The maximum absolute atomic E-state index is 12.2. The number of nitrogens with zero attached hydrogens (tertiary/aromatic N) is 1. The highest BCUT2D eigenvalue weighted by Crippen LogP contribution is 2.19. The summed E-state index contributed by atoms with van der Waals surface area (Å²) in [6.45, 7) is 5.87. The summed E-state index contributed by atoms with van der Waals surface area (Å²) >= 11 is 3.48. The fourth-order valence-electron chi connectivity index (χ4n) is 2.53. The average Bonchev–Trinajstić information content (AvgIpc) is 2.91. The minimum Gasteiger partial charge on any atom is -0.341 e. The molecule has 1 aliphatic rings. The predicted molar refractivity (Wildman–Crippen MR) is 81.0 cm³/mol. The molecule has 1 fully saturated rings. The molecule has 19 heavy (non-hydrogen) atoms. The molecule has 3 nitrogen and oxygen atoms in total. The normalized spacial score (nSPS) is 18.4. The first kappa shape index (κ1) is 14.5. The van der Waals surface area contributed by atoms with E-state index in [-0.39, 0.29) is 18.0 Å². The van der Waals surface area contributed by atoms with Crippen molar-refractivity contribution >= 4 is 21.8 Å². The van der Waals surface area contributed by atoms with Gasteiger partial charge in [0, 0.05) is 23.6 Å². The Kier molecular flexibility index (Phi) is 4.99. The van der Waals surface area contributed by atoms with Crippen molar-refractivity contribution in [2.24, 2.45) is 0 Å². The van der Waals surface area contributed by atoms with E-state index in [9.17, 15) is 4.79 Å². The summed E-state index contributed by atoms with van der Waals surface area (Å²) in [5.41, 5.74) is 1.19. The SMILES string of the molecule is CC(NC(C)c1cccc(Br)c1)C(=O)N1CCCC1. The smallest absolute Gasteiger partial charge is 0.239 e. The number of carbonyl (C=O) groups is 1. The minimum atomic E-state index is -0.132. The van der Waals surface area contributed by atoms with E-state index in [0.29, 0.717) is 0 Å². The summed E-state index contributed by atoms with van der Waals surface area (Å²) in [7, 11) is 0. The first-order chi connectivity index (χ1) is 9.08. The summed E-state index contributed by atoms with van der Waals surface area (Å²) in [5, 5.41) is 3.39. The van der Waals surface area contributed by atoms with Crippen molar-refractivity contribution in [3.8, 4) is 0 Å². The molecule has 4 heteroatoms. The number of likely N-dealkylation sites (tertiary alicyclic amines) is 1. The Morgan fingerprint density at radius 3 is 2.63 bits per heavy atom. The summed E-state index contributed by atoms with van der Waals surface area (Å²) in [5.74, 6) is 0.222. The van der Waals surface area contributed by atoms with Gasteiger partial charge in [-0.3, -0.25) is 10.1 Å². The molecule has 0 saturated carbocycles. The van der Waals surface area contributed by atoms with Crippen molar-refractivity contribution < 1.29 is 4.79 Å². The molecule has 2 rings (SSSR count). The third kappa shape index (κ3) is 3.80. The summed E-state index contributed by atoms with van der Waals surface area (Å²) in [6, 6.07) is 8.23. The third-order valence-electron chi connectivity index (χ3n) is 3.64. The molecule has 0 aromatic heterocycles. The Morgan fingerprint density at radius 2 is 2.00 bits per heavy atom. The van der Waals surface area contributed by atoms with Gasteiger partial charge in [-0.15, -0.1) is 0 Å². The van der Waals surface area contributed by atoms with Gasteiger partial charge in [0.25, 0.3) is 0 Å². The summed E-state index contributed by atoms with van der Waals surface area (Å²) < 4.78 is 1.07. The van der Waals surface area contributed by atoms with Crippen LogP contribution in [0.5, 0.6) is 0 Å². The predicted octanol–water partition coefficient (Wildman–Crippen LogP) is 3.11. The van der Waals surface area contributed by atoms with Gasteiger partial charge in [0.1, 0.15) is 0 Å². The van der Waals surface area contributed by atoms with Gasteiger partial charge >= 0.3 is 0 Å². The average molecular weight is 325 g/mol. The van der Waals surface area contributed by atoms with Crippen LogP contribution in [0.15, 0.2) is 28.7 Å². The molecule has 0 bridgehead atoms. The van der Waals surface area contributed by atoms with Crippen LogP contribution in [0.2, 0.25) is 0 Å². The van der Waals surface area contributed by atoms with Gasteiger partial charge in [0.15, 0.2) is 0 Å². The zero-order valence-electron chi connectivity index (χ0n) is 11.5. The number of benzene rings is 1. The number of hydrogen-bond acceptors (Lipinski definition) is 2. The van der Waals surface area contributed by atoms with Gasteiger partial charge in [0.2, 0.25) is 5.91 Å². The monoisotopic (exact) mass is 324 g/mol. The molecule has 0 spiro atoms. The van der Waals surface area contributed by atoms with Gasteiger partial charge < -0.3 is 4.90 Å². The first-order valence-electron chi connectivity index (χ1n) is 6.88. The van der Waals surface area contributed by atoms with E-state index in [2.05, 4.69) is 40.3 Å². The summed E-state index contributed by atoms with van der Waals surface area (Å²) in [4.78, 5) is 14.2. The number of hydrogen-bond donors (Lipinski definition) is 1. The van der Waals surface area contributed by atoms with Gasteiger partial charge in [-0.1, -0.05) is 28.1 Å². The molecular weight excluding hydrogens is 304 g/mol. The number of halogens is 1. The summed E-state index contributed by atoms with van der Waals surface area (Å²) in [6.07, 6.45) is 2.28. The largest absolute Gasteiger partial charge is 0.341 e. The van der Waals surface area contributed by atoms with E-state index < -0.39 is 0 Å². The van der Waals surface area contributed by atoms with E-state index in [4.69, 9.17) is 0 Å². The lowest BCUT2D eigenvalue weighted by molar-refractivity contribution is -0.132. The first-order valence-corrected chi connectivity index (χ1v) is 7.67. The van der Waals surface area contributed by atoms with E-state index in [1.165, 1.54) is 5.56 Å². The standard InChI is InChI=1S/C15H21BrN2O/c1-11(13-6-5-7-14(16)10-13)17-12(2)15(19)18-8-3-4-9-18/h5-7,10-12,17H,3-4,8-9H2,1-2H3. The lowest BCUT2D eigenvalue weighted by Crippen LogP contribution is -2.44. The van der Waals surface area contributed by atoms with Crippen LogP contribution in [-0.4, -0.2) is 29.9 Å². The van der Waals surface area contributed by atoms with Crippen molar-refractivity contribution in [3.63, 3.8) is 0 Å². The number of rotatable bonds is 4. The Balaban J connectivity index is 1.94. The maximum atomic E-state index is 12.2. The zero-order valence-corrected chi connectivity index (χ0v) is 13.1. The zero-order chi connectivity index (χ0) is 13.8. The fourth-order valence-corrected chi connectivity index (χ4v) is 2.95. The second-order valence-electron chi connectivity index (χ2n) is 5.20. The molecule has 1 N–H and O–H groups in total. The van der Waals surface area contributed by atoms with Crippen molar-refractivity contribution in [3.05, 3.63) is 34.3 Å². The molecular formula is C15H21BrN2O. The third-order valence-corrected chi connectivity index (χ3v) is 4.13. The van der Waals surface area contributed by atoms with Crippen LogP contribution in [0.1, 0.15) is 38.3 Å². The van der Waals surface area contributed by atoms with E-state index >= 15 is 0 Å². The van der Waals surface area contributed by atoms with Crippen LogP contribution in [0.25, 0.3) is 0 Å². The lowest BCUT2D eigenvalue weighted by atomic mass is 10.1. The van der Waals surface area contributed by atoms with Gasteiger partial charge in [-0.2, -0.15) is 0 Å². The highest BCUT2D eigenvalue weighted by molar-refractivity contribution is 9.10. The van der Waals surface area contributed by atoms with E-state index in [1.807, 2.05) is 24.0 Å². The van der Waals surface area contributed by atoms with E-state index in [1.54, 1.807) is 0 Å². The van der Waals surface area contributed by atoms with Crippen LogP contribution >= 0.6 is 15.9 Å². The molecule has 2 atom stereocenters. The highest BCUT2D eigenvalue weighted by atomic mass is 79.9. The number of nitrogens with one attached hydrogen (secondary N) is 1. The number of carbonyl (C=O) groups excluding carboxylic acids is 1. The van der Waals surface area contributed by atoms with Crippen LogP contribution in [0.3, 0.4) is 0 Å². The fraction of sp³-hybridized carbons (Fsp3) is 0.533. The van der Waals surface area contributed by atoms with Gasteiger partial charge in [0.05, 0.1) is 6.04 Å². The highest BCUT2D eigenvalue weighted by Gasteiger charge is 2.24. The molecule has 1 aromatic carbocycles. The van der Waals surface area contributed by atoms with Crippen LogP contribution in [0.4, 0.5) is 0 Å². The Labute approximate surface area is 123 Å². The lowest BCUT2D eigenvalue weighted by Gasteiger charge is -2.24. The topological polar surface area (TPSA) is 32.3 Å². The van der Waals surface area contributed by atoms with Crippen molar-refractivity contribution in [1.29, 1.82) is 0 Å². The van der Waals surface area contributed by atoms with Gasteiger partial charge in [-0.25, -0.2) is 0 Å². The Hall–Kier alpha value is -0.870. The Morgan fingerprint density at radius 1 is 1.32 bits per heavy atom. The molecule has 2 unspecified atom stereocenters. The maximum Gasteiger partial charge on any atom is 0.239 e. The molecule has 0 radical (unpaired) electrons. The van der Waals surface area contributed by atoms with Crippen LogP contribution in [-0.2, 0) is 4.79 Å². The number of amides is 1. The van der Waals surface area contributed by atoms with Gasteiger partial charge in [-0.05, 0) is 44.4 Å². The molecule has 0 aliphatic carbocycles. The molecule has 1 heterocycles. The van der Waals surface area contributed by atoms with Crippen molar-refractivity contribution in [2.45, 2.75) is 38.8 Å². The molecule has 1 saturated heterocycles. The molecule has 104 valence electrons. The molecule has 1 aliphatic heterocycles. The second-order valence-corrected chi connectivity index (χ2v) is 6.11. The van der Waals surface area contributed by atoms with Crippen LogP contribution < -0.4 is 5.32 Å². The Bertz CT molecular complexity index is 444. The van der Waals surface area contributed by atoms with Crippen LogP contribution in [0, 0.1) is 0 Å². The van der Waals surface area contributed by atoms with E-state index in [0.717, 1.165) is 30.4 Å². The van der Waals surface area contributed by atoms with Crippen molar-refractivity contribution in [2.75, 3.05) is 13.1 Å². The molecule has 1 amide bonds. The van der Waals surface area contributed by atoms with Crippen molar-refractivity contribution in [1.82, 2.24) is 10.2 Å². The molecule has 1 aromatic rings. The quantitative estimate of drug-likeness (QED) is 0.922. The minimum absolute atomic E-state index is 0.132. The second kappa shape index (κ2) is 6.53.